The van der Waals surface area contributed by atoms with Gasteiger partial charge in [0, 0.05) is 34.3 Å². The van der Waals surface area contributed by atoms with Gasteiger partial charge < -0.3 is 25.4 Å². The number of nitro benzene ring substituents is 1. The number of hydrogen-bond acceptors (Lipinski definition) is 8. The molecule has 236 valence electrons. The first-order chi connectivity index (χ1) is 22.2. The maximum Gasteiger partial charge on any atom is 0.272 e. The highest BCUT2D eigenvalue weighted by Crippen LogP contribution is 2.32. The number of methoxy groups -OCH3 is 2. The Morgan fingerprint density at radius 3 is 2.28 bits per heavy atom. The highest BCUT2D eigenvalue weighted by atomic mass is 32.2. The minimum atomic E-state index is -0.610. The third-order valence-corrected chi connectivity index (χ3v) is 8.00. The number of nitro groups is 1. The summed E-state index contributed by atoms with van der Waals surface area (Å²) >= 11 is 1.33. The van der Waals surface area contributed by atoms with E-state index in [1.165, 1.54) is 49.2 Å². The third-order valence-electron chi connectivity index (χ3n) is 6.64. The summed E-state index contributed by atoms with van der Waals surface area (Å²) in [4.78, 5) is 50.9. The van der Waals surface area contributed by atoms with E-state index in [2.05, 4.69) is 16.0 Å². The predicted octanol–water partition coefficient (Wildman–Crippen LogP) is 6.53. The Hall–Kier alpha value is -5.62. The van der Waals surface area contributed by atoms with E-state index in [0.717, 1.165) is 4.90 Å². The number of nitrogens with zero attached hydrogens (tertiary/aromatic N) is 1. The smallest absolute Gasteiger partial charge is 0.272 e. The molecule has 3 N–H and O–H groups in total. The number of hydrogen-bond donors (Lipinski definition) is 3. The molecule has 46 heavy (non-hydrogen) atoms. The summed E-state index contributed by atoms with van der Waals surface area (Å²) in [6.45, 7) is 1.90. The largest absolute Gasteiger partial charge is 0.497 e. The maximum absolute atomic E-state index is 13.5. The molecule has 0 saturated heterocycles. The number of thioether (sulfide) groups is 1. The fraction of sp³-hybridized carbons (Fsp3) is 0.147. The lowest BCUT2D eigenvalue weighted by atomic mass is 10.1. The van der Waals surface area contributed by atoms with Crippen molar-refractivity contribution < 1.29 is 28.8 Å². The molecule has 0 radical (unpaired) electrons. The van der Waals surface area contributed by atoms with Crippen molar-refractivity contribution >= 4 is 52.6 Å². The van der Waals surface area contributed by atoms with Gasteiger partial charge in [-0.3, -0.25) is 24.5 Å². The van der Waals surface area contributed by atoms with Crippen LogP contribution in [0.4, 0.5) is 17.1 Å². The summed E-state index contributed by atoms with van der Waals surface area (Å²) < 4.78 is 10.6. The van der Waals surface area contributed by atoms with Gasteiger partial charge in [-0.15, -0.1) is 11.8 Å². The summed E-state index contributed by atoms with van der Waals surface area (Å²) in [6.07, 6.45) is 1.96. The van der Waals surface area contributed by atoms with Gasteiger partial charge in [-0.1, -0.05) is 31.2 Å². The Balaban J connectivity index is 1.51. The Morgan fingerprint density at radius 2 is 1.63 bits per heavy atom. The Morgan fingerprint density at radius 1 is 0.891 bits per heavy atom. The molecule has 0 saturated carbocycles. The molecule has 0 aromatic heterocycles. The van der Waals surface area contributed by atoms with Crippen LogP contribution in [0.1, 0.15) is 29.3 Å². The van der Waals surface area contributed by atoms with Gasteiger partial charge in [0.15, 0.2) is 0 Å². The zero-order chi connectivity index (χ0) is 33.1. The van der Waals surface area contributed by atoms with Gasteiger partial charge in [-0.2, -0.15) is 0 Å². The summed E-state index contributed by atoms with van der Waals surface area (Å²) in [5.74, 6) is -0.267. The molecule has 4 aromatic carbocycles. The van der Waals surface area contributed by atoms with E-state index in [4.69, 9.17) is 9.47 Å². The van der Waals surface area contributed by atoms with E-state index < -0.39 is 22.0 Å². The van der Waals surface area contributed by atoms with Crippen LogP contribution in [0.5, 0.6) is 11.5 Å². The van der Waals surface area contributed by atoms with Gasteiger partial charge in [0.1, 0.15) is 17.2 Å². The van der Waals surface area contributed by atoms with Crippen LogP contribution in [0.15, 0.2) is 108 Å². The van der Waals surface area contributed by atoms with E-state index in [9.17, 15) is 24.5 Å². The predicted molar refractivity (Wildman–Crippen MR) is 178 cm³/mol. The fourth-order valence-electron chi connectivity index (χ4n) is 4.25. The van der Waals surface area contributed by atoms with Crippen LogP contribution >= 0.6 is 11.8 Å². The van der Waals surface area contributed by atoms with Crippen molar-refractivity contribution in [1.29, 1.82) is 0 Å². The average Bonchev–Trinajstić information content (AvgIpc) is 3.07. The molecule has 0 bridgehead atoms. The number of carbonyl (C=O) groups is 3. The van der Waals surface area contributed by atoms with Gasteiger partial charge in [0.2, 0.25) is 5.91 Å². The highest BCUT2D eigenvalue weighted by molar-refractivity contribution is 8.00. The number of rotatable bonds is 13. The van der Waals surface area contributed by atoms with Gasteiger partial charge in [-0.25, -0.2) is 0 Å². The normalized spacial score (nSPS) is 11.6. The topological polar surface area (TPSA) is 149 Å². The monoisotopic (exact) mass is 640 g/mol. The van der Waals surface area contributed by atoms with Gasteiger partial charge >= 0.3 is 0 Å². The lowest BCUT2D eigenvalue weighted by Gasteiger charge is -2.17. The average molecular weight is 641 g/mol. The van der Waals surface area contributed by atoms with E-state index in [0.29, 0.717) is 40.4 Å². The van der Waals surface area contributed by atoms with Crippen LogP contribution in [0.2, 0.25) is 0 Å². The number of carbonyl (C=O) groups excluding carboxylic acids is 3. The number of amides is 3. The molecular formula is C34H32N4O7S. The lowest BCUT2D eigenvalue weighted by molar-refractivity contribution is -0.384. The quantitative estimate of drug-likeness (QED) is 0.0646. The zero-order valence-corrected chi connectivity index (χ0v) is 26.1. The van der Waals surface area contributed by atoms with E-state index in [1.807, 2.05) is 13.0 Å². The van der Waals surface area contributed by atoms with E-state index in [1.54, 1.807) is 73.8 Å². The standard InChI is InChI=1S/C34H32N4O7S/c1-4-31(34(41)36-28-18-17-26(44-2)21-30(28)45-3)46-27-12-8-11-24(20-27)35-33(40)29(37-32(39)23-9-6-5-7-10-23)19-22-13-15-25(16-14-22)38(42)43/h5-21,31H,4H2,1-3H3,(H,35,40)(H,36,41)(H,37,39)/b29-19+. The van der Waals surface area contributed by atoms with Crippen molar-refractivity contribution in [2.45, 2.75) is 23.5 Å². The molecule has 0 spiro atoms. The molecule has 0 aliphatic carbocycles. The van der Waals surface area contributed by atoms with Crippen LogP contribution in [-0.2, 0) is 9.59 Å². The summed E-state index contributed by atoms with van der Waals surface area (Å²) in [6, 6.07) is 26.1. The summed E-state index contributed by atoms with van der Waals surface area (Å²) in [7, 11) is 3.06. The first-order valence-electron chi connectivity index (χ1n) is 14.1. The van der Waals surface area contributed by atoms with Crippen molar-refractivity contribution in [2.24, 2.45) is 0 Å². The molecule has 0 fully saturated rings. The molecule has 1 atom stereocenters. The maximum atomic E-state index is 13.5. The molecule has 4 rings (SSSR count). The molecule has 12 heteroatoms. The minimum Gasteiger partial charge on any atom is -0.497 e. The van der Waals surface area contributed by atoms with Gasteiger partial charge in [0.05, 0.1) is 30.1 Å². The zero-order valence-electron chi connectivity index (χ0n) is 25.3. The second-order valence-corrected chi connectivity index (χ2v) is 11.1. The molecule has 11 nitrogen and oxygen atoms in total. The Kier molecular flexibility index (Phi) is 11.5. The van der Waals surface area contributed by atoms with Crippen molar-refractivity contribution in [2.75, 3.05) is 24.9 Å². The molecule has 0 aliphatic heterocycles. The molecule has 0 aliphatic rings. The summed E-state index contributed by atoms with van der Waals surface area (Å²) in [5.41, 5.74) is 1.59. The van der Waals surface area contributed by atoms with Crippen LogP contribution in [0.25, 0.3) is 6.08 Å². The van der Waals surface area contributed by atoms with E-state index in [-0.39, 0.29) is 17.3 Å². The molecule has 1 unspecified atom stereocenters. The Bertz CT molecular complexity index is 1740. The first kappa shape index (κ1) is 33.3. The van der Waals surface area contributed by atoms with Crippen LogP contribution in [-0.4, -0.2) is 42.1 Å². The second-order valence-electron chi connectivity index (χ2n) is 9.78. The fourth-order valence-corrected chi connectivity index (χ4v) is 5.26. The SMILES string of the molecule is CCC(Sc1cccc(NC(=O)/C(=C\c2ccc([N+](=O)[O-])cc2)NC(=O)c2ccccc2)c1)C(=O)Nc1ccc(OC)cc1OC. The minimum absolute atomic E-state index is 0.0694. The molecule has 4 aromatic rings. The third kappa shape index (κ3) is 8.96. The number of non-ortho nitro benzene ring substituents is 1. The first-order valence-corrected chi connectivity index (χ1v) is 15.0. The number of anilines is 2. The van der Waals surface area contributed by atoms with Crippen molar-refractivity contribution in [1.82, 2.24) is 5.32 Å². The number of benzene rings is 4. The van der Waals surface area contributed by atoms with Crippen molar-refractivity contribution in [3.05, 3.63) is 124 Å². The van der Waals surface area contributed by atoms with Gasteiger partial charge in [-0.05, 0) is 72.7 Å². The van der Waals surface area contributed by atoms with Crippen LogP contribution in [0.3, 0.4) is 0 Å². The van der Waals surface area contributed by atoms with Crippen LogP contribution in [0, 0.1) is 10.1 Å². The van der Waals surface area contributed by atoms with Crippen molar-refractivity contribution in [3.63, 3.8) is 0 Å². The summed E-state index contributed by atoms with van der Waals surface area (Å²) in [5, 5.41) is 19.0. The Labute approximate surface area is 270 Å². The van der Waals surface area contributed by atoms with Gasteiger partial charge in [0.25, 0.3) is 17.5 Å². The molecular weight excluding hydrogens is 608 g/mol. The molecule has 3 amide bonds. The highest BCUT2D eigenvalue weighted by Gasteiger charge is 2.21. The lowest BCUT2D eigenvalue weighted by Crippen LogP contribution is -2.30. The molecule has 0 heterocycles. The number of ether oxygens (including phenoxy) is 2. The second kappa shape index (κ2) is 15.9. The van der Waals surface area contributed by atoms with Crippen LogP contribution < -0.4 is 25.4 Å². The van der Waals surface area contributed by atoms with Crippen molar-refractivity contribution in [3.8, 4) is 11.5 Å². The van der Waals surface area contributed by atoms with E-state index >= 15 is 0 Å². The number of nitrogens with one attached hydrogen (secondary N) is 3.